The number of amides is 1. The van der Waals surface area contributed by atoms with Crippen LogP contribution in [-0.2, 0) is 22.7 Å². The van der Waals surface area contributed by atoms with Gasteiger partial charge in [0, 0.05) is 29.9 Å². The van der Waals surface area contributed by atoms with E-state index in [4.69, 9.17) is 19.9 Å². The number of nitrogen functional groups attached to an aromatic ring is 1. The van der Waals surface area contributed by atoms with Gasteiger partial charge in [-0.3, -0.25) is 4.79 Å². The number of carbonyl (C=O) groups is 1. The molecule has 1 atom stereocenters. The Labute approximate surface area is 225 Å². The van der Waals surface area contributed by atoms with Crippen molar-refractivity contribution in [2.75, 3.05) is 11.1 Å². The van der Waals surface area contributed by atoms with Crippen LogP contribution in [-0.4, -0.2) is 20.4 Å². The Morgan fingerprint density at radius 2 is 1.85 bits per heavy atom. The first kappa shape index (κ1) is 24.4. The normalized spacial score (nSPS) is 14.3. The summed E-state index contributed by atoms with van der Waals surface area (Å²) in [6, 6.07) is 22.8. The molecule has 2 aromatic heterocycles. The van der Waals surface area contributed by atoms with E-state index >= 15 is 0 Å². The highest BCUT2D eigenvalue weighted by Crippen LogP contribution is 2.41. The van der Waals surface area contributed by atoms with Crippen LogP contribution in [0.4, 0.5) is 11.5 Å². The van der Waals surface area contributed by atoms with Crippen molar-refractivity contribution >= 4 is 28.4 Å². The largest absolute Gasteiger partial charge is 0.489 e. The molecule has 3 N–H and O–H groups in total. The number of hydrogen-bond donors (Lipinski definition) is 2. The smallest absolute Gasteiger partial charge is 0.221 e. The second kappa shape index (κ2) is 10.1. The fourth-order valence-electron chi connectivity index (χ4n) is 4.88. The molecule has 9 nitrogen and oxygen atoms in total. The van der Waals surface area contributed by atoms with Crippen LogP contribution in [0.15, 0.2) is 79.1 Å². The highest BCUT2D eigenvalue weighted by atomic mass is 16.5. The van der Waals surface area contributed by atoms with E-state index in [9.17, 15) is 4.79 Å². The fourth-order valence-corrected chi connectivity index (χ4v) is 4.88. The fraction of sp³-hybridized carbons (Fsp3) is 0.167. The lowest BCUT2D eigenvalue weighted by atomic mass is 10.1. The molecular weight excluding hydrogens is 494 g/mol. The molecule has 3 aromatic carbocycles. The molecule has 0 spiro atoms. The van der Waals surface area contributed by atoms with Crippen LogP contribution in [0.5, 0.6) is 17.2 Å². The van der Waals surface area contributed by atoms with Crippen molar-refractivity contribution in [1.29, 1.82) is 0 Å². The van der Waals surface area contributed by atoms with Gasteiger partial charge in [-0.25, -0.2) is 9.97 Å². The minimum absolute atomic E-state index is 0.0590. The summed E-state index contributed by atoms with van der Waals surface area (Å²) >= 11 is 0. The number of aromatic nitrogens is 3. The maximum absolute atomic E-state index is 11.3. The Bertz CT molecular complexity index is 1680. The van der Waals surface area contributed by atoms with Crippen LogP contribution in [0, 0.1) is 0 Å². The van der Waals surface area contributed by atoms with Gasteiger partial charge in [-0.15, -0.1) is 0 Å². The second-order valence-corrected chi connectivity index (χ2v) is 9.35. The Morgan fingerprint density at radius 3 is 2.67 bits per heavy atom. The SMILES string of the molecule is CC(=O)Nc1cccc(COc2cccc(Oc3ccc(-n4c5c(c6ncnc(N)c64)C(C)OC5)cc3)c2)c1. The minimum atomic E-state index is -0.113. The van der Waals surface area contributed by atoms with E-state index in [-0.39, 0.29) is 12.0 Å². The summed E-state index contributed by atoms with van der Waals surface area (Å²) in [6.45, 7) is 4.34. The predicted octanol–water partition coefficient (Wildman–Crippen LogP) is 5.92. The third-order valence-corrected chi connectivity index (χ3v) is 6.58. The number of fused-ring (bicyclic) bond motifs is 3. The number of nitrogens with one attached hydrogen (secondary N) is 1. The van der Waals surface area contributed by atoms with E-state index in [0.717, 1.165) is 39.2 Å². The third kappa shape index (κ3) is 4.87. The van der Waals surface area contributed by atoms with Gasteiger partial charge in [0.25, 0.3) is 0 Å². The Morgan fingerprint density at radius 1 is 1.05 bits per heavy atom. The predicted molar refractivity (Wildman–Crippen MR) is 148 cm³/mol. The van der Waals surface area contributed by atoms with Gasteiger partial charge in [0.1, 0.15) is 41.2 Å². The van der Waals surface area contributed by atoms with Gasteiger partial charge >= 0.3 is 0 Å². The molecule has 5 aromatic rings. The monoisotopic (exact) mass is 521 g/mol. The molecule has 3 heterocycles. The summed E-state index contributed by atoms with van der Waals surface area (Å²) < 4.78 is 20.0. The maximum Gasteiger partial charge on any atom is 0.221 e. The van der Waals surface area contributed by atoms with E-state index in [1.165, 1.54) is 13.3 Å². The first-order valence-electron chi connectivity index (χ1n) is 12.6. The van der Waals surface area contributed by atoms with Gasteiger partial charge in [-0.2, -0.15) is 0 Å². The van der Waals surface area contributed by atoms with Crippen molar-refractivity contribution in [2.24, 2.45) is 0 Å². The number of nitrogens with two attached hydrogens (primary N) is 1. The van der Waals surface area contributed by atoms with Gasteiger partial charge in [0.05, 0.1) is 18.4 Å². The number of rotatable bonds is 7. The zero-order valence-corrected chi connectivity index (χ0v) is 21.5. The van der Waals surface area contributed by atoms with Gasteiger partial charge in [-0.05, 0) is 61.0 Å². The van der Waals surface area contributed by atoms with E-state index in [1.54, 1.807) is 0 Å². The summed E-state index contributed by atoms with van der Waals surface area (Å²) in [5.74, 6) is 2.33. The van der Waals surface area contributed by atoms with Crippen LogP contribution < -0.4 is 20.5 Å². The quantitative estimate of drug-likeness (QED) is 0.273. The van der Waals surface area contributed by atoms with Crippen molar-refractivity contribution in [3.8, 4) is 22.9 Å². The van der Waals surface area contributed by atoms with Gasteiger partial charge in [-0.1, -0.05) is 18.2 Å². The molecular formula is C30H27N5O4. The lowest BCUT2D eigenvalue weighted by Crippen LogP contribution is -2.06. The number of ether oxygens (including phenoxy) is 3. The first-order valence-corrected chi connectivity index (χ1v) is 12.6. The lowest BCUT2D eigenvalue weighted by Gasteiger charge is -2.12. The van der Waals surface area contributed by atoms with Crippen molar-refractivity contribution in [3.63, 3.8) is 0 Å². The average Bonchev–Trinajstić information content (AvgIpc) is 3.47. The topological polar surface area (TPSA) is 114 Å². The van der Waals surface area contributed by atoms with Crippen molar-refractivity contribution in [3.05, 3.63) is 95.9 Å². The standard InChI is InChI=1S/C30H27N5O4/c1-18-27-26(16-37-18)35(29-28(27)32-17-33-30(29)31)22-9-11-23(12-10-22)39-25-8-4-7-24(14-25)38-15-20-5-3-6-21(13-20)34-19(2)36/h3-14,17-18H,15-16H2,1-2H3,(H,34,36)(H2,31,32,33). The molecule has 39 heavy (non-hydrogen) atoms. The molecule has 1 unspecified atom stereocenters. The van der Waals surface area contributed by atoms with Crippen LogP contribution in [0.25, 0.3) is 16.7 Å². The summed E-state index contributed by atoms with van der Waals surface area (Å²) in [7, 11) is 0. The van der Waals surface area contributed by atoms with E-state index < -0.39 is 0 Å². The number of benzene rings is 3. The minimum Gasteiger partial charge on any atom is -0.489 e. The van der Waals surface area contributed by atoms with Gasteiger partial charge in [0.15, 0.2) is 5.82 Å². The molecule has 0 radical (unpaired) electrons. The summed E-state index contributed by atoms with van der Waals surface area (Å²) in [5, 5.41) is 2.78. The highest BCUT2D eigenvalue weighted by Gasteiger charge is 2.30. The molecule has 1 aliphatic rings. The number of anilines is 2. The van der Waals surface area contributed by atoms with Crippen LogP contribution in [0.1, 0.15) is 36.8 Å². The maximum atomic E-state index is 11.3. The van der Waals surface area contributed by atoms with Crippen LogP contribution >= 0.6 is 0 Å². The van der Waals surface area contributed by atoms with Crippen molar-refractivity contribution < 1.29 is 19.0 Å². The molecule has 0 aliphatic carbocycles. The molecule has 6 rings (SSSR count). The molecule has 1 amide bonds. The zero-order valence-electron chi connectivity index (χ0n) is 21.5. The molecule has 196 valence electrons. The molecule has 0 saturated carbocycles. The van der Waals surface area contributed by atoms with Gasteiger partial charge in [0.2, 0.25) is 5.91 Å². The van der Waals surface area contributed by atoms with E-state index in [0.29, 0.717) is 36.3 Å². The molecule has 0 saturated heterocycles. The summed E-state index contributed by atoms with van der Waals surface area (Å²) in [4.78, 5) is 20.0. The summed E-state index contributed by atoms with van der Waals surface area (Å²) in [5.41, 5.74) is 12.6. The molecule has 0 bridgehead atoms. The summed E-state index contributed by atoms with van der Waals surface area (Å²) in [6.07, 6.45) is 1.43. The number of carbonyl (C=O) groups excluding carboxylic acids is 1. The van der Waals surface area contributed by atoms with Crippen LogP contribution in [0.2, 0.25) is 0 Å². The lowest BCUT2D eigenvalue weighted by molar-refractivity contribution is -0.114. The van der Waals surface area contributed by atoms with Crippen LogP contribution in [0.3, 0.4) is 0 Å². The average molecular weight is 522 g/mol. The van der Waals surface area contributed by atoms with Crippen molar-refractivity contribution in [1.82, 2.24) is 14.5 Å². The Kier molecular flexibility index (Phi) is 6.34. The molecule has 9 heteroatoms. The van der Waals surface area contributed by atoms with Gasteiger partial charge < -0.3 is 29.8 Å². The zero-order chi connectivity index (χ0) is 26.9. The van der Waals surface area contributed by atoms with E-state index in [2.05, 4.69) is 19.9 Å². The third-order valence-electron chi connectivity index (χ3n) is 6.58. The second-order valence-electron chi connectivity index (χ2n) is 9.35. The molecule has 1 aliphatic heterocycles. The molecule has 0 fully saturated rings. The Hall–Kier alpha value is -4.89. The number of hydrogen-bond acceptors (Lipinski definition) is 7. The number of nitrogens with zero attached hydrogens (tertiary/aromatic N) is 3. The van der Waals surface area contributed by atoms with Crippen molar-refractivity contribution in [2.45, 2.75) is 33.2 Å². The first-order chi connectivity index (χ1) is 19.0. The highest BCUT2D eigenvalue weighted by molar-refractivity contribution is 5.91. The van der Waals surface area contributed by atoms with E-state index in [1.807, 2.05) is 79.7 Å². The Balaban J connectivity index is 1.19.